The Balaban J connectivity index is 1.44. The minimum atomic E-state index is -0.388. The second-order valence-electron chi connectivity index (χ2n) is 6.82. The fraction of sp³-hybridized carbons (Fsp3) is 0.286. The van der Waals surface area contributed by atoms with E-state index in [2.05, 4.69) is 26.6 Å². The largest absolute Gasteiger partial charge is 0.347 e. The molecule has 1 fully saturated rings. The minimum absolute atomic E-state index is 0.116. The molecule has 3 rings (SSSR count). The number of rotatable bonds is 5. The zero-order valence-corrected chi connectivity index (χ0v) is 17.2. The summed E-state index contributed by atoms with van der Waals surface area (Å²) in [4.78, 5) is 38.5. The van der Waals surface area contributed by atoms with E-state index in [9.17, 15) is 18.8 Å². The van der Waals surface area contributed by atoms with Crippen LogP contribution in [0, 0.1) is 11.7 Å². The Hall–Kier alpha value is -2.74. The highest BCUT2D eigenvalue weighted by atomic mass is 79.9. The molecular weight excluding hydrogens is 441 g/mol. The van der Waals surface area contributed by atoms with Crippen molar-refractivity contribution in [2.45, 2.75) is 12.8 Å². The van der Waals surface area contributed by atoms with Crippen molar-refractivity contribution in [3.05, 3.63) is 64.4 Å². The molecular formula is C21H21BrFN3O3. The molecule has 0 spiro atoms. The van der Waals surface area contributed by atoms with Crippen molar-refractivity contribution < 1.29 is 18.8 Å². The predicted molar refractivity (Wildman–Crippen MR) is 111 cm³/mol. The summed E-state index contributed by atoms with van der Waals surface area (Å²) in [6, 6.07) is 12.7. The van der Waals surface area contributed by atoms with Gasteiger partial charge in [0.15, 0.2) is 0 Å². The van der Waals surface area contributed by atoms with E-state index in [0.29, 0.717) is 37.2 Å². The van der Waals surface area contributed by atoms with Crippen molar-refractivity contribution in [2.75, 3.05) is 25.0 Å². The Morgan fingerprint density at radius 3 is 2.34 bits per heavy atom. The van der Waals surface area contributed by atoms with E-state index in [1.54, 1.807) is 17.0 Å². The van der Waals surface area contributed by atoms with Gasteiger partial charge < -0.3 is 15.5 Å². The molecule has 2 N–H and O–H groups in total. The first-order chi connectivity index (χ1) is 13.9. The first kappa shape index (κ1) is 21.0. The molecule has 0 saturated carbocycles. The van der Waals surface area contributed by atoms with Gasteiger partial charge in [-0.2, -0.15) is 0 Å². The quantitative estimate of drug-likeness (QED) is 0.717. The summed E-state index contributed by atoms with van der Waals surface area (Å²) in [7, 11) is 0. The van der Waals surface area contributed by atoms with Crippen LogP contribution in [0.5, 0.6) is 0 Å². The molecule has 6 nitrogen and oxygen atoms in total. The first-order valence-corrected chi connectivity index (χ1v) is 10.1. The number of piperidine rings is 1. The molecule has 0 unspecified atom stereocenters. The molecule has 1 heterocycles. The number of likely N-dealkylation sites (tertiary alicyclic amines) is 1. The molecule has 2 aromatic rings. The van der Waals surface area contributed by atoms with Crippen molar-refractivity contribution in [2.24, 2.45) is 5.92 Å². The summed E-state index contributed by atoms with van der Waals surface area (Å²) < 4.78 is 13.8. The van der Waals surface area contributed by atoms with Crippen molar-refractivity contribution in [3.63, 3.8) is 0 Å². The molecule has 0 aromatic heterocycles. The zero-order chi connectivity index (χ0) is 20.8. The average Bonchev–Trinajstić information content (AvgIpc) is 2.74. The number of carbonyl (C=O) groups is 3. The summed E-state index contributed by atoms with van der Waals surface area (Å²) in [5.41, 5.74) is 1.07. The Labute approximate surface area is 176 Å². The third-order valence-electron chi connectivity index (χ3n) is 4.82. The first-order valence-electron chi connectivity index (χ1n) is 9.31. The van der Waals surface area contributed by atoms with Crippen molar-refractivity contribution >= 4 is 39.3 Å². The maximum absolute atomic E-state index is 13.0. The second kappa shape index (κ2) is 9.65. The van der Waals surface area contributed by atoms with Gasteiger partial charge in [0.2, 0.25) is 11.8 Å². The van der Waals surface area contributed by atoms with Crippen LogP contribution >= 0.6 is 15.9 Å². The van der Waals surface area contributed by atoms with E-state index in [-0.39, 0.29) is 36.0 Å². The van der Waals surface area contributed by atoms with E-state index in [4.69, 9.17) is 0 Å². The molecule has 2 aromatic carbocycles. The molecule has 152 valence electrons. The molecule has 1 aliphatic rings. The van der Waals surface area contributed by atoms with Gasteiger partial charge in [-0.05, 0) is 65.2 Å². The standard InChI is InChI=1S/C21H21BrFN3O3/c22-17-3-1-2-4-18(17)25-19(27)13-24-20(28)14-9-11-26(12-10-14)21(29)15-5-7-16(23)8-6-15/h1-8,14H,9-13H2,(H,24,28)(H,25,27). The van der Waals surface area contributed by atoms with Gasteiger partial charge in [-0.25, -0.2) is 4.39 Å². The molecule has 0 atom stereocenters. The number of para-hydroxylation sites is 1. The van der Waals surface area contributed by atoms with E-state index in [1.165, 1.54) is 24.3 Å². The number of benzene rings is 2. The maximum atomic E-state index is 13.0. The minimum Gasteiger partial charge on any atom is -0.347 e. The van der Waals surface area contributed by atoms with Crippen LogP contribution in [-0.2, 0) is 9.59 Å². The van der Waals surface area contributed by atoms with E-state index >= 15 is 0 Å². The highest BCUT2D eigenvalue weighted by Gasteiger charge is 2.28. The number of nitrogens with one attached hydrogen (secondary N) is 2. The summed E-state index contributed by atoms with van der Waals surface area (Å²) in [6.45, 7) is 0.768. The Kier molecular flexibility index (Phi) is 6.98. The van der Waals surface area contributed by atoms with Crippen molar-refractivity contribution in [1.82, 2.24) is 10.2 Å². The second-order valence-corrected chi connectivity index (χ2v) is 7.67. The smallest absolute Gasteiger partial charge is 0.253 e. The van der Waals surface area contributed by atoms with Crippen LogP contribution in [0.3, 0.4) is 0 Å². The van der Waals surface area contributed by atoms with E-state index < -0.39 is 0 Å². The fourth-order valence-electron chi connectivity index (χ4n) is 3.19. The van der Waals surface area contributed by atoms with Crippen LogP contribution in [0.2, 0.25) is 0 Å². The van der Waals surface area contributed by atoms with Gasteiger partial charge in [0.05, 0.1) is 12.2 Å². The topological polar surface area (TPSA) is 78.5 Å². The van der Waals surface area contributed by atoms with Gasteiger partial charge in [-0.1, -0.05) is 12.1 Å². The highest BCUT2D eigenvalue weighted by molar-refractivity contribution is 9.10. The summed E-state index contributed by atoms with van der Waals surface area (Å²) >= 11 is 3.35. The SMILES string of the molecule is O=C(CNC(=O)C1CCN(C(=O)c2ccc(F)cc2)CC1)Nc1ccccc1Br. The van der Waals surface area contributed by atoms with Gasteiger partial charge >= 0.3 is 0 Å². The number of halogens is 2. The lowest BCUT2D eigenvalue weighted by molar-refractivity contribution is -0.128. The summed E-state index contributed by atoms with van der Waals surface area (Å²) in [6.07, 6.45) is 1.04. The van der Waals surface area contributed by atoms with Gasteiger partial charge in [0, 0.05) is 29.0 Å². The summed E-state index contributed by atoms with van der Waals surface area (Å²) in [5, 5.41) is 5.39. The third-order valence-corrected chi connectivity index (χ3v) is 5.51. The van der Waals surface area contributed by atoms with Gasteiger partial charge in [-0.15, -0.1) is 0 Å². The summed E-state index contributed by atoms with van der Waals surface area (Å²) in [5.74, 6) is -1.31. The number of hydrogen-bond donors (Lipinski definition) is 2. The number of nitrogens with zero attached hydrogens (tertiary/aromatic N) is 1. The van der Waals surface area contributed by atoms with Gasteiger partial charge in [0.1, 0.15) is 5.82 Å². The Morgan fingerprint density at radius 1 is 1.03 bits per heavy atom. The van der Waals surface area contributed by atoms with Crippen LogP contribution in [0.1, 0.15) is 23.2 Å². The third kappa shape index (κ3) is 5.63. The van der Waals surface area contributed by atoms with E-state index in [1.807, 2.05) is 12.1 Å². The molecule has 29 heavy (non-hydrogen) atoms. The monoisotopic (exact) mass is 461 g/mol. The molecule has 0 radical (unpaired) electrons. The number of hydrogen-bond acceptors (Lipinski definition) is 3. The lowest BCUT2D eigenvalue weighted by Crippen LogP contribution is -2.44. The molecule has 1 saturated heterocycles. The lowest BCUT2D eigenvalue weighted by atomic mass is 9.95. The zero-order valence-electron chi connectivity index (χ0n) is 15.7. The Bertz CT molecular complexity index is 896. The van der Waals surface area contributed by atoms with Crippen molar-refractivity contribution in [1.29, 1.82) is 0 Å². The fourth-order valence-corrected chi connectivity index (χ4v) is 3.57. The maximum Gasteiger partial charge on any atom is 0.253 e. The molecule has 1 aliphatic heterocycles. The van der Waals surface area contributed by atoms with Crippen LogP contribution in [-0.4, -0.2) is 42.3 Å². The predicted octanol–water partition coefficient (Wildman–Crippen LogP) is 3.20. The van der Waals surface area contributed by atoms with Crippen LogP contribution in [0.15, 0.2) is 53.0 Å². The Morgan fingerprint density at radius 2 is 1.69 bits per heavy atom. The lowest BCUT2D eigenvalue weighted by Gasteiger charge is -2.31. The molecule has 8 heteroatoms. The average molecular weight is 462 g/mol. The van der Waals surface area contributed by atoms with Gasteiger partial charge in [-0.3, -0.25) is 14.4 Å². The van der Waals surface area contributed by atoms with E-state index in [0.717, 1.165) is 4.47 Å². The van der Waals surface area contributed by atoms with Crippen LogP contribution < -0.4 is 10.6 Å². The van der Waals surface area contributed by atoms with Crippen molar-refractivity contribution in [3.8, 4) is 0 Å². The number of amides is 3. The van der Waals surface area contributed by atoms with Gasteiger partial charge in [0.25, 0.3) is 5.91 Å². The molecule has 0 aliphatic carbocycles. The number of carbonyl (C=O) groups excluding carboxylic acids is 3. The number of anilines is 1. The van der Waals surface area contributed by atoms with Crippen LogP contribution in [0.25, 0.3) is 0 Å². The van der Waals surface area contributed by atoms with Crippen LogP contribution in [0.4, 0.5) is 10.1 Å². The molecule has 3 amide bonds. The highest BCUT2D eigenvalue weighted by Crippen LogP contribution is 2.21. The molecule has 0 bridgehead atoms. The normalized spacial score (nSPS) is 14.3.